The molecule has 0 saturated heterocycles. The molecule has 43 heavy (non-hydrogen) atoms. The molecule has 0 radical (unpaired) electrons. The Morgan fingerprint density at radius 1 is 0.721 bits per heavy atom. The van der Waals surface area contributed by atoms with Gasteiger partial charge < -0.3 is 9.47 Å². The molecule has 0 unspecified atom stereocenters. The second kappa shape index (κ2) is 14.7. The molecule has 218 valence electrons. The van der Waals surface area contributed by atoms with Crippen LogP contribution >= 0.6 is 11.6 Å². The van der Waals surface area contributed by atoms with Crippen LogP contribution in [0.1, 0.15) is 43.0 Å². The molecule has 5 aromatic rings. The number of aliphatic imine (C=N–C) groups is 1. The van der Waals surface area contributed by atoms with Crippen molar-refractivity contribution >= 4 is 28.7 Å². The lowest BCUT2D eigenvalue weighted by Crippen LogP contribution is -2.01. The average Bonchev–Trinajstić information content (AvgIpc) is 3.55. The molecule has 4 aromatic carbocycles. The Hall–Kier alpha value is -5.08. The van der Waals surface area contributed by atoms with Crippen LogP contribution in [0.5, 0.6) is 0 Å². The smallest absolute Gasteiger partial charge is 0.337 e. The topological polar surface area (TPSA) is 95.7 Å². The predicted molar refractivity (Wildman–Crippen MR) is 168 cm³/mol. The molecule has 1 aromatic heterocycles. The number of hydrogen-bond acceptors (Lipinski definition) is 7. The Morgan fingerprint density at radius 3 is 1.74 bits per heavy atom. The molecular formula is C34H31ClN4O4. The zero-order valence-electron chi connectivity index (χ0n) is 24.3. The number of esters is 2. The van der Waals surface area contributed by atoms with Gasteiger partial charge in [0.15, 0.2) is 5.82 Å². The molecule has 0 amide bonds. The fourth-order valence-corrected chi connectivity index (χ4v) is 4.08. The third kappa shape index (κ3) is 8.47. The number of aromatic nitrogens is 3. The quantitative estimate of drug-likeness (QED) is 0.149. The summed E-state index contributed by atoms with van der Waals surface area (Å²) in [7, 11) is 2.72. The summed E-state index contributed by atoms with van der Waals surface area (Å²) < 4.78 is 11.1. The van der Waals surface area contributed by atoms with Crippen molar-refractivity contribution in [3.05, 3.63) is 137 Å². The van der Waals surface area contributed by atoms with Crippen molar-refractivity contribution in [3.8, 4) is 17.1 Å². The summed E-state index contributed by atoms with van der Waals surface area (Å²) in [6.45, 7) is 4.61. The van der Waals surface area contributed by atoms with E-state index in [4.69, 9.17) is 11.6 Å². The highest BCUT2D eigenvalue weighted by molar-refractivity contribution is 6.69. The standard InChI is InChI=1S/C17H16ClNO2.C17H15N3O2/c1-12-3-5-13(6-4-12)11-19-16(18)14-7-9-15(10-8-14)17(20)21-2;1-12-3-9-15(10-4-12)20-11-18-16(19-20)13-5-7-14(8-6-13)17(21)22-2/h3-10H,11H2,1-2H3;3-11H,1-2H3. The molecule has 0 fully saturated rings. The van der Waals surface area contributed by atoms with E-state index in [1.54, 1.807) is 59.5 Å². The van der Waals surface area contributed by atoms with Crippen molar-refractivity contribution in [3.63, 3.8) is 0 Å². The maximum Gasteiger partial charge on any atom is 0.337 e. The molecule has 5 rings (SSSR count). The van der Waals surface area contributed by atoms with Crippen molar-refractivity contribution < 1.29 is 19.1 Å². The SMILES string of the molecule is COC(=O)c1ccc(-c2ncn(-c3ccc(C)cc3)n2)cc1.COC(=O)c1ccc(C(Cl)=NCc2ccc(C)cc2)cc1. The normalized spacial score (nSPS) is 10.9. The van der Waals surface area contributed by atoms with Crippen LogP contribution in [-0.2, 0) is 16.0 Å². The maximum absolute atomic E-state index is 11.4. The van der Waals surface area contributed by atoms with Gasteiger partial charge in [-0.25, -0.2) is 19.3 Å². The number of hydrogen-bond donors (Lipinski definition) is 0. The van der Waals surface area contributed by atoms with Crippen molar-refractivity contribution in [2.45, 2.75) is 20.4 Å². The summed E-state index contributed by atoms with van der Waals surface area (Å²) in [5.74, 6) is -0.115. The van der Waals surface area contributed by atoms with Gasteiger partial charge in [-0.1, -0.05) is 83.4 Å². The van der Waals surface area contributed by atoms with Crippen molar-refractivity contribution in [1.29, 1.82) is 0 Å². The summed E-state index contributed by atoms with van der Waals surface area (Å²) in [5.41, 5.74) is 7.08. The summed E-state index contributed by atoms with van der Waals surface area (Å²) in [6, 6.07) is 30.1. The number of ether oxygens (including phenoxy) is 2. The van der Waals surface area contributed by atoms with Crippen molar-refractivity contribution in [1.82, 2.24) is 14.8 Å². The minimum atomic E-state index is -0.366. The summed E-state index contributed by atoms with van der Waals surface area (Å²) in [4.78, 5) is 31.4. The Morgan fingerprint density at radius 2 is 1.21 bits per heavy atom. The molecule has 0 bridgehead atoms. The van der Waals surface area contributed by atoms with Gasteiger partial charge in [0.1, 0.15) is 11.5 Å². The van der Waals surface area contributed by atoms with Crippen molar-refractivity contribution in [2.24, 2.45) is 4.99 Å². The van der Waals surface area contributed by atoms with E-state index in [9.17, 15) is 9.59 Å². The highest BCUT2D eigenvalue weighted by atomic mass is 35.5. The lowest BCUT2D eigenvalue weighted by molar-refractivity contribution is 0.0592. The van der Waals surface area contributed by atoms with Crippen LogP contribution in [-0.4, -0.2) is 46.1 Å². The first-order chi connectivity index (χ1) is 20.8. The largest absolute Gasteiger partial charge is 0.465 e. The zero-order chi connectivity index (χ0) is 30.8. The number of carbonyl (C=O) groups is 2. The Kier molecular flexibility index (Phi) is 10.6. The lowest BCUT2D eigenvalue weighted by atomic mass is 10.1. The van der Waals surface area contributed by atoms with Gasteiger partial charge in [-0.15, -0.1) is 5.10 Å². The van der Waals surface area contributed by atoms with Gasteiger partial charge in [-0.3, -0.25) is 4.99 Å². The molecule has 0 spiro atoms. The Bertz CT molecular complexity index is 1690. The molecule has 1 heterocycles. The lowest BCUT2D eigenvalue weighted by Gasteiger charge is -2.02. The maximum atomic E-state index is 11.4. The summed E-state index contributed by atoms with van der Waals surface area (Å²) in [6.07, 6.45) is 1.67. The van der Waals surface area contributed by atoms with E-state index in [1.807, 2.05) is 62.4 Å². The van der Waals surface area contributed by atoms with Crippen LogP contribution in [0.15, 0.2) is 108 Å². The van der Waals surface area contributed by atoms with Crippen LogP contribution in [0.3, 0.4) is 0 Å². The Labute approximate surface area is 255 Å². The number of nitrogens with zero attached hydrogens (tertiary/aromatic N) is 4. The van der Waals surface area contributed by atoms with Gasteiger partial charge >= 0.3 is 11.9 Å². The van der Waals surface area contributed by atoms with E-state index in [-0.39, 0.29) is 11.9 Å². The van der Waals surface area contributed by atoms with Crippen molar-refractivity contribution in [2.75, 3.05) is 14.2 Å². The fraction of sp³-hybridized carbons (Fsp3) is 0.147. The van der Waals surface area contributed by atoms with Gasteiger partial charge in [0.2, 0.25) is 0 Å². The van der Waals surface area contributed by atoms with Crippen LogP contribution in [0.4, 0.5) is 0 Å². The second-order valence-electron chi connectivity index (χ2n) is 9.58. The van der Waals surface area contributed by atoms with Gasteiger partial charge in [-0.05, 0) is 55.8 Å². The third-order valence-corrected chi connectivity index (χ3v) is 6.76. The van der Waals surface area contributed by atoms with Crippen LogP contribution in [0.25, 0.3) is 17.1 Å². The first-order valence-corrected chi connectivity index (χ1v) is 13.8. The summed E-state index contributed by atoms with van der Waals surface area (Å²) in [5, 5.41) is 4.89. The molecule has 8 nitrogen and oxygen atoms in total. The number of benzene rings is 4. The third-order valence-electron chi connectivity index (χ3n) is 6.42. The molecule has 0 aliphatic heterocycles. The summed E-state index contributed by atoms with van der Waals surface area (Å²) >= 11 is 6.19. The molecule has 0 saturated carbocycles. The molecule has 9 heteroatoms. The molecule has 0 N–H and O–H groups in total. The van der Waals surface area contributed by atoms with E-state index in [0.717, 1.165) is 22.4 Å². The number of halogens is 1. The van der Waals surface area contributed by atoms with E-state index >= 15 is 0 Å². The van der Waals surface area contributed by atoms with Gasteiger partial charge in [0, 0.05) is 11.1 Å². The monoisotopic (exact) mass is 594 g/mol. The number of aryl methyl sites for hydroxylation is 2. The Balaban J connectivity index is 0.000000197. The minimum Gasteiger partial charge on any atom is -0.465 e. The molecule has 0 aliphatic carbocycles. The highest BCUT2D eigenvalue weighted by Crippen LogP contribution is 2.17. The average molecular weight is 595 g/mol. The molecular weight excluding hydrogens is 564 g/mol. The number of carbonyl (C=O) groups excluding carboxylic acids is 2. The van der Waals surface area contributed by atoms with Gasteiger partial charge in [0.05, 0.1) is 37.6 Å². The first-order valence-electron chi connectivity index (χ1n) is 13.4. The van der Waals surface area contributed by atoms with Crippen LogP contribution in [0.2, 0.25) is 0 Å². The second-order valence-corrected chi connectivity index (χ2v) is 9.94. The van der Waals surface area contributed by atoms with E-state index in [1.165, 1.54) is 25.3 Å². The van der Waals surface area contributed by atoms with Gasteiger partial charge in [0.25, 0.3) is 0 Å². The molecule has 0 aliphatic rings. The van der Waals surface area contributed by atoms with Crippen LogP contribution in [0, 0.1) is 13.8 Å². The minimum absolute atomic E-state index is 0.357. The predicted octanol–water partition coefficient (Wildman–Crippen LogP) is 7.00. The molecule has 0 atom stereocenters. The first kappa shape index (κ1) is 30.9. The highest BCUT2D eigenvalue weighted by Gasteiger charge is 2.09. The zero-order valence-corrected chi connectivity index (χ0v) is 25.1. The fourth-order valence-electron chi connectivity index (χ4n) is 3.90. The number of methoxy groups -OCH3 is 2. The van der Waals surface area contributed by atoms with E-state index in [2.05, 4.69) is 24.5 Å². The van der Waals surface area contributed by atoms with E-state index < -0.39 is 0 Å². The van der Waals surface area contributed by atoms with Gasteiger partial charge in [-0.2, -0.15) is 0 Å². The number of rotatable bonds is 7. The van der Waals surface area contributed by atoms with E-state index in [0.29, 0.717) is 28.7 Å². The van der Waals surface area contributed by atoms with Crippen LogP contribution < -0.4 is 0 Å².